The topological polar surface area (TPSA) is 102 Å². The first-order valence-corrected chi connectivity index (χ1v) is 15.3. The van der Waals surface area contributed by atoms with Crippen LogP contribution in [0.1, 0.15) is 44.1 Å². The molecule has 2 aromatic carbocycles. The third-order valence-electron chi connectivity index (χ3n) is 7.80. The van der Waals surface area contributed by atoms with Crippen LogP contribution < -0.4 is 16.2 Å². The Hall–Kier alpha value is -2.88. The number of fused-ring (bicyclic) bond motifs is 1. The van der Waals surface area contributed by atoms with E-state index in [2.05, 4.69) is 10.6 Å². The Morgan fingerprint density at radius 3 is 2.67 bits per heavy atom. The summed E-state index contributed by atoms with van der Waals surface area (Å²) in [4.78, 5) is 43.7. The van der Waals surface area contributed by atoms with Crippen LogP contribution in [-0.4, -0.2) is 46.4 Å². The maximum absolute atomic E-state index is 13.5. The summed E-state index contributed by atoms with van der Waals surface area (Å²) < 4.78 is 7.33. The van der Waals surface area contributed by atoms with Gasteiger partial charge in [-0.25, -0.2) is 4.98 Å². The Morgan fingerprint density at radius 1 is 1.12 bits per heavy atom. The van der Waals surface area contributed by atoms with Gasteiger partial charge in [0.25, 0.3) is 5.56 Å². The van der Waals surface area contributed by atoms with Gasteiger partial charge >= 0.3 is 0 Å². The molecule has 2 aliphatic rings. The van der Waals surface area contributed by atoms with Crippen LogP contribution in [0.25, 0.3) is 10.9 Å². The molecule has 1 saturated carbocycles. The molecule has 2 fully saturated rings. The number of carbonyl (C=O) groups excluding carboxylic acids is 2. The lowest BCUT2D eigenvalue weighted by molar-refractivity contribution is -0.126. The summed E-state index contributed by atoms with van der Waals surface area (Å²) in [5.74, 6) is 0.264. The third kappa shape index (κ3) is 7.06. The lowest BCUT2D eigenvalue weighted by atomic mass is 9.81. The number of ether oxygens (including phenoxy) is 1. The molecule has 2 N–H and O–H groups in total. The van der Waals surface area contributed by atoms with Gasteiger partial charge in [0.1, 0.15) is 0 Å². The standard InChI is InChI=1S/C30H35ClN4O4S/c1-19-8-13-22(15-25(19)31)33-27(36)18-40-30-34-26-7-3-2-6-24(26)29(38)35(30)17-20-9-11-21(12-10-20)28(37)32-16-23-5-4-14-39-23/h2-3,6-8,13,15,20-21,23H,4-5,9-12,14,16-18H2,1H3,(H,32,37)(H,33,36)/t20?,21?,23-/m0/s1. The van der Waals surface area contributed by atoms with E-state index in [1.807, 2.05) is 37.3 Å². The number of thioether (sulfide) groups is 1. The van der Waals surface area contributed by atoms with Gasteiger partial charge in [0, 0.05) is 36.3 Å². The van der Waals surface area contributed by atoms with Crippen LogP contribution in [0.3, 0.4) is 0 Å². The van der Waals surface area contributed by atoms with Gasteiger partial charge in [-0.3, -0.25) is 19.0 Å². The molecule has 0 unspecified atom stereocenters. The molecular formula is C30H35ClN4O4S. The molecule has 5 rings (SSSR count). The van der Waals surface area contributed by atoms with Crippen molar-refractivity contribution in [1.82, 2.24) is 14.9 Å². The zero-order valence-corrected chi connectivity index (χ0v) is 24.2. The van der Waals surface area contributed by atoms with E-state index >= 15 is 0 Å². The third-order valence-corrected chi connectivity index (χ3v) is 9.18. The van der Waals surface area contributed by atoms with Crippen molar-refractivity contribution < 1.29 is 14.3 Å². The van der Waals surface area contributed by atoms with Crippen molar-refractivity contribution in [2.24, 2.45) is 11.8 Å². The number of benzene rings is 2. The number of hydrogen-bond donors (Lipinski definition) is 2. The van der Waals surface area contributed by atoms with Crippen LogP contribution in [0.5, 0.6) is 0 Å². The van der Waals surface area contributed by atoms with Gasteiger partial charge in [0.15, 0.2) is 5.16 Å². The normalized spacial score (nSPS) is 20.9. The molecular weight excluding hydrogens is 548 g/mol. The van der Waals surface area contributed by atoms with Gasteiger partial charge in [-0.2, -0.15) is 0 Å². The SMILES string of the molecule is Cc1ccc(NC(=O)CSc2nc3ccccc3c(=O)n2CC2CCC(C(=O)NC[C@@H]3CCCO3)CC2)cc1Cl. The Labute approximate surface area is 243 Å². The van der Waals surface area contributed by atoms with Gasteiger partial charge in [-0.1, -0.05) is 41.6 Å². The number of rotatable bonds is 9. The molecule has 212 valence electrons. The number of aromatic nitrogens is 2. The summed E-state index contributed by atoms with van der Waals surface area (Å²) in [6.07, 6.45) is 5.50. The van der Waals surface area contributed by atoms with E-state index < -0.39 is 0 Å². The quantitative estimate of drug-likeness (QED) is 0.266. The van der Waals surface area contributed by atoms with E-state index in [1.54, 1.807) is 16.7 Å². The highest BCUT2D eigenvalue weighted by Crippen LogP contribution is 2.31. The second-order valence-electron chi connectivity index (χ2n) is 10.7. The number of nitrogens with zero attached hydrogens (tertiary/aromatic N) is 2. The lowest BCUT2D eigenvalue weighted by Gasteiger charge is -2.29. The minimum atomic E-state index is -0.201. The van der Waals surface area contributed by atoms with E-state index in [-0.39, 0.29) is 41.1 Å². The summed E-state index contributed by atoms with van der Waals surface area (Å²) in [5.41, 5.74) is 2.08. The average molecular weight is 583 g/mol. The van der Waals surface area contributed by atoms with E-state index in [4.69, 9.17) is 21.3 Å². The van der Waals surface area contributed by atoms with Crippen molar-refractivity contribution in [2.45, 2.75) is 63.3 Å². The minimum Gasteiger partial charge on any atom is -0.376 e. The van der Waals surface area contributed by atoms with Gasteiger partial charge in [0.05, 0.1) is 22.8 Å². The number of carbonyl (C=O) groups is 2. The van der Waals surface area contributed by atoms with Crippen LogP contribution in [0.4, 0.5) is 5.69 Å². The molecule has 10 heteroatoms. The largest absolute Gasteiger partial charge is 0.376 e. The monoisotopic (exact) mass is 582 g/mol. The lowest BCUT2D eigenvalue weighted by Crippen LogP contribution is -2.38. The smallest absolute Gasteiger partial charge is 0.262 e. The maximum atomic E-state index is 13.5. The molecule has 0 radical (unpaired) electrons. The summed E-state index contributed by atoms with van der Waals surface area (Å²) in [6, 6.07) is 12.7. The molecule has 1 atom stereocenters. The van der Waals surface area contributed by atoms with E-state index in [0.717, 1.165) is 50.7 Å². The van der Waals surface area contributed by atoms with Gasteiger partial charge < -0.3 is 15.4 Å². The molecule has 2 heterocycles. The highest BCUT2D eigenvalue weighted by molar-refractivity contribution is 7.99. The first-order valence-electron chi connectivity index (χ1n) is 13.9. The Bertz CT molecular complexity index is 1430. The molecule has 3 aromatic rings. The second-order valence-corrected chi connectivity index (χ2v) is 12.1. The van der Waals surface area contributed by atoms with Crippen LogP contribution >= 0.6 is 23.4 Å². The van der Waals surface area contributed by atoms with Crippen molar-refractivity contribution in [3.63, 3.8) is 0 Å². The molecule has 8 nitrogen and oxygen atoms in total. The highest BCUT2D eigenvalue weighted by Gasteiger charge is 2.28. The molecule has 40 heavy (non-hydrogen) atoms. The van der Waals surface area contributed by atoms with Gasteiger partial charge in [-0.05, 0) is 81.2 Å². The number of amides is 2. The molecule has 1 saturated heterocycles. The predicted octanol–water partition coefficient (Wildman–Crippen LogP) is 5.19. The fraction of sp³-hybridized carbons (Fsp3) is 0.467. The summed E-state index contributed by atoms with van der Waals surface area (Å²) in [5, 5.41) is 7.62. The number of halogens is 1. The number of aryl methyl sites for hydroxylation is 1. The fourth-order valence-electron chi connectivity index (χ4n) is 5.45. The molecule has 0 bridgehead atoms. The van der Waals surface area contributed by atoms with E-state index in [1.165, 1.54) is 11.8 Å². The summed E-state index contributed by atoms with van der Waals surface area (Å²) >= 11 is 7.45. The summed E-state index contributed by atoms with van der Waals surface area (Å²) in [7, 11) is 0. The molecule has 1 aliphatic carbocycles. The van der Waals surface area contributed by atoms with Crippen molar-refractivity contribution in [2.75, 3.05) is 24.2 Å². The zero-order chi connectivity index (χ0) is 28.1. The second kappa shape index (κ2) is 13.2. The minimum absolute atomic E-state index is 0.00285. The van der Waals surface area contributed by atoms with Crippen molar-refractivity contribution in [1.29, 1.82) is 0 Å². The number of anilines is 1. The fourth-order valence-corrected chi connectivity index (χ4v) is 6.44. The first-order chi connectivity index (χ1) is 19.4. The molecule has 1 aromatic heterocycles. The number of nitrogens with one attached hydrogen (secondary N) is 2. The molecule has 0 spiro atoms. The molecule has 1 aliphatic heterocycles. The first kappa shape index (κ1) is 28.6. The highest BCUT2D eigenvalue weighted by atomic mass is 35.5. The van der Waals surface area contributed by atoms with Crippen LogP contribution in [0.15, 0.2) is 52.4 Å². The van der Waals surface area contributed by atoms with E-state index in [0.29, 0.717) is 39.9 Å². The van der Waals surface area contributed by atoms with Crippen LogP contribution in [0, 0.1) is 18.8 Å². The maximum Gasteiger partial charge on any atom is 0.262 e. The van der Waals surface area contributed by atoms with Gasteiger partial charge in [0.2, 0.25) is 11.8 Å². The predicted molar refractivity (Wildman–Crippen MR) is 159 cm³/mol. The van der Waals surface area contributed by atoms with Crippen molar-refractivity contribution in [3.8, 4) is 0 Å². The number of para-hydroxylation sites is 1. The Kier molecular flexibility index (Phi) is 9.44. The molecule has 2 amide bonds. The van der Waals surface area contributed by atoms with Crippen LogP contribution in [-0.2, 0) is 20.9 Å². The Morgan fingerprint density at radius 2 is 1.93 bits per heavy atom. The average Bonchev–Trinajstić information content (AvgIpc) is 3.48. The Balaban J connectivity index is 1.23. The van der Waals surface area contributed by atoms with E-state index in [9.17, 15) is 14.4 Å². The number of hydrogen-bond acceptors (Lipinski definition) is 6. The van der Waals surface area contributed by atoms with Crippen LogP contribution in [0.2, 0.25) is 5.02 Å². The van der Waals surface area contributed by atoms with Crippen molar-refractivity contribution >= 4 is 51.8 Å². The van der Waals surface area contributed by atoms with Gasteiger partial charge in [-0.15, -0.1) is 0 Å². The summed E-state index contributed by atoms with van der Waals surface area (Å²) in [6.45, 7) is 3.78. The van der Waals surface area contributed by atoms with Crippen molar-refractivity contribution in [3.05, 3.63) is 63.4 Å². The zero-order valence-electron chi connectivity index (χ0n) is 22.7.